The molecule has 4 rings (SSSR count). The van der Waals surface area contributed by atoms with E-state index in [1.54, 1.807) is 0 Å². The number of carbonyl (C=O) groups is 1. The summed E-state index contributed by atoms with van der Waals surface area (Å²) < 4.78 is 5.76. The van der Waals surface area contributed by atoms with Gasteiger partial charge in [-0.1, -0.05) is 42.8 Å². The average Bonchev–Trinajstić information content (AvgIpc) is 3.15. The molecule has 26 heavy (non-hydrogen) atoms. The predicted octanol–water partition coefficient (Wildman–Crippen LogP) is 4.32. The quantitative estimate of drug-likeness (QED) is 0.749. The van der Waals surface area contributed by atoms with Crippen LogP contribution in [0.15, 0.2) is 33.9 Å². The number of thioether (sulfide) groups is 1. The van der Waals surface area contributed by atoms with Gasteiger partial charge in [-0.25, -0.2) is 0 Å². The van der Waals surface area contributed by atoms with Crippen molar-refractivity contribution in [2.45, 2.75) is 56.7 Å². The first-order valence-corrected chi connectivity index (χ1v) is 10.5. The zero-order valence-corrected chi connectivity index (χ0v) is 16.0. The molecule has 6 heteroatoms. The zero-order valence-electron chi connectivity index (χ0n) is 15.2. The molecule has 1 saturated heterocycles. The molecule has 1 aromatic heterocycles. The third-order valence-corrected chi connectivity index (χ3v) is 6.47. The highest BCUT2D eigenvalue weighted by Crippen LogP contribution is 2.35. The number of aryl methyl sites for hydroxylation is 1. The molecule has 1 aromatic carbocycles. The standard InChI is InChI=1S/C20H25N3O2S/c1-14-7-2-4-10-16(14)19-21-22-20(25-19)26-13-18(24)23-12-6-9-15-8-3-5-11-17(15)23/h2,4,7,10,15,17H,3,5-6,8-9,11-13H2,1H3/t15-,17-/m1/s1. The lowest BCUT2D eigenvalue weighted by Gasteiger charge is -2.44. The van der Waals surface area contributed by atoms with Crippen LogP contribution >= 0.6 is 11.8 Å². The van der Waals surface area contributed by atoms with E-state index < -0.39 is 0 Å². The third-order valence-electron chi connectivity index (χ3n) is 5.66. The van der Waals surface area contributed by atoms with Crippen molar-refractivity contribution >= 4 is 17.7 Å². The van der Waals surface area contributed by atoms with E-state index in [1.807, 2.05) is 31.2 Å². The van der Waals surface area contributed by atoms with Crippen molar-refractivity contribution in [1.29, 1.82) is 0 Å². The molecule has 2 atom stereocenters. The van der Waals surface area contributed by atoms with E-state index >= 15 is 0 Å². The maximum absolute atomic E-state index is 12.8. The molecule has 1 aliphatic heterocycles. The van der Waals surface area contributed by atoms with Crippen LogP contribution in [-0.2, 0) is 4.79 Å². The molecule has 1 amide bonds. The number of piperidine rings is 1. The van der Waals surface area contributed by atoms with Crippen LogP contribution in [0.2, 0.25) is 0 Å². The molecule has 2 heterocycles. The maximum Gasteiger partial charge on any atom is 0.277 e. The first-order valence-electron chi connectivity index (χ1n) is 9.54. The Labute approximate surface area is 158 Å². The average molecular weight is 372 g/mol. The summed E-state index contributed by atoms with van der Waals surface area (Å²) in [6.45, 7) is 2.92. The van der Waals surface area contributed by atoms with Gasteiger partial charge in [0.1, 0.15) is 0 Å². The molecule has 2 aromatic rings. The number of likely N-dealkylation sites (tertiary alicyclic amines) is 1. The molecule has 0 radical (unpaired) electrons. The molecule has 0 spiro atoms. The zero-order chi connectivity index (χ0) is 17.9. The molecular weight excluding hydrogens is 346 g/mol. The topological polar surface area (TPSA) is 59.2 Å². The lowest BCUT2D eigenvalue weighted by molar-refractivity contribution is -0.134. The Balaban J connectivity index is 1.38. The van der Waals surface area contributed by atoms with Crippen molar-refractivity contribution in [3.05, 3.63) is 29.8 Å². The van der Waals surface area contributed by atoms with E-state index in [1.165, 1.54) is 43.9 Å². The van der Waals surface area contributed by atoms with Gasteiger partial charge in [-0.05, 0) is 50.2 Å². The maximum atomic E-state index is 12.8. The van der Waals surface area contributed by atoms with Crippen LogP contribution in [0.25, 0.3) is 11.5 Å². The second-order valence-corrected chi connectivity index (χ2v) is 8.24. The predicted molar refractivity (Wildman–Crippen MR) is 102 cm³/mol. The number of hydrogen-bond acceptors (Lipinski definition) is 5. The summed E-state index contributed by atoms with van der Waals surface area (Å²) in [7, 11) is 0. The molecule has 1 saturated carbocycles. The number of carbonyl (C=O) groups excluding carboxylic acids is 1. The number of amides is 1. The van der Waals surface area contributed by atoms with Gasteiger partial charge >= 0.3 is 0 Å². The summed E-state index contributed by atoms with van der Waals surface area (Å²) in [4.78, 5) is 14.9. The Bertz CT molecular complexity index is 774. The number of nitrogens with zero attached hydrogens (tertiary/aromatic N) is 3. The van der Waals surface area contributed by atoms with E-state index in [4.69, 9.17) is 4.42 Å². The minimum absolute atomic E-state index is 0.210. The van der Waals surface area contributed by atoms with Gasteiger partial charge in [0.05, 0.1) is 5.75 Å². The van der Waals surface area contributed by atoms with Crippen molar-refractivity contribution in [2.24, 2.45) is 5.92 Å². The van der Waals surface area contributed by atoms with Crippen LogP contribution in [0.1, 0.15) is 44.1 Å². The number of fused-ring (bicyclic) bond motifs is 1. The summed E-state index contributed by atoms with van der Waals surface area (Å²) >= 11 is 1.35. The molecule has 0 N–H and O–H groups in total. The summed E-state index contributed by atoms with van der Waals surface area (Å²) in [5.41, 5.74) is 2.04. The van der Waals surface area contributed by atoms with E-state index in [2.05, 4.69) is 15.1 Å². The van der Waals surface area contributed by atoms with E-state index in [-0.39, 0.29) is 5.91 Å². The van der Waals surface area contributed by atoms with Crippen LogP contribution in [0, 0.1) is 12.8 Å². The summed E-state index contributed by atoms with van der Waals surface area (Å²) in [6.07, 6.45) is 7.44. The second kappa shape index (κ2) is 7.82. The van der Waals surface area contributed by atoms with Crippen molar-refractivity contribution in [3.8, 4) is 11.5 Å². The normalized spacial score (nSPS) is 22.9. The second-order valence-electron chi connectivity index (χ2n) is 7.32. The van der Waals surface area contributed by atoms with Crippen LogP contribution in [0.5, 0.6) is 0 Å². The van der Waals surface area contributed by atoms with Crippen molar-refractivity contribution < 1.29 is 9.21 Å². The smallest absolute Gasteiger partial charge is 0.277 e. The molecule has 138 valence electrons. The van der Waals surface area contributed by atoms with E-state index in [0.29, 0.717) is 28.8 Å². The number of rotatable bonds is 4. The SMILES string of the molecule is Cc1ccccc1-c1nnc(SCC(=O)N2CCC[C@H]3CCCC[C@H]32)o1. The van der Waals surface area contributed by atoms with Crippen molar-refractivity contribution in [1.82, 2.24) is 15.1 Å². The van der Waals surface area contributed by atoms with E-state index in [9.17, 15) is 4.79 Å². The summed E-state index contributed by atoms with van der Waals surface area (Å²) in [5, 5.41) is 8.72. The molecule has 5 nitrogen and oxygen atoms in total. The first-order chi connectivity index (χ1) is 12.7. The fourth-order valence-corrected chi connectivity index (χ4v) is 4.98. The Kier molecular flexibility index (Phi) is 5.29. The molecule has 1 aliphatic carbocycles. The minimum Gasteiger partial charge on any atom is -0.411 e. The fraction of sp³-hybridized carbons (Fsp3) is 0.550. The van der Waals surface area contributed by atoms with Crippen LogP contribution in [-0.4, -0.2) is 39.3 Å². The minimum atomic E-state index is 0.210. The fourth-order valence-electron chi connectivity index (χ4n) is 4.33. The highest BCUT2D eigenvalue weighted by atomic mass is 32.2. The van der Waals surface area contributed by atoms with Gasteiger partial charge in [0, 0.05) is 18.2 Å². The molecule has 2 aliphatic rings. The highest BCUT2D eigenvalue weighted by Gasteiger charge is 2.35. The van der Waals surface area contributed by atoms with Crippen LogP contribution < -0.4 is 0 Å². The van der Waals surface area contributed by atoms with Gasteiger partial charge in [-0.15, -0.1) is 10.2 Å². The van der Waals surface area contributed by atoms with E-state index in [0.717, 1.165) is 24.1 Å². The molecule has 2 fully saturated rings. The van der Waals surface area contributed by atoms with Gasteiger partial charge in [-0.3, -0.25) is 4.79 Å². The number of aromatic nitrogens is 2. The lowest BCUT2D eigenvalue weighted by Crippen LogP contribution is -2.50. The van der Waals surface area contributed by atoms with Crippen molar-refractivity contribution in [3.63, 3.8) is 0 Å². The van der Waals surface area contributed by atoms with Gasteiger partial charge in [0.15, 0.2) is 0 Å². The first kappa shape index (κ1) is 17.6. The van der Waals surface area contributed by atoms with Gasteiger partial charge < -0.3 is 9.32 Å². The number of benzene rings is 1. The largest absolute Gasteiger partial charge is 0.411 e. The van der Waals surface area contributed by atoms with Gasteiger partial charge in [0.2, 0.25) is 11.8 Å². The molecule has 0 bridgehead atoms. The van der Waals surface area contributed by atoms with Crippen LogP contribution in [0.4, 0.5) is 0 Å². The van der Waals surface area contributed by atoms with Crippen molar-refractivity contribution in [2.75, 3.05) is 12.3 Å². The Hall–Kier alpha value is -1.82. The Morgan fingerprint density at radius 3 is 2.88 bits per heavy atom. The van der Waals surface area contributed by atoms with Gasteiger partial charge in [0.25, 0.3) is 5.22 Å². The number of hydrogen-bond donors (Lipinski definition) is 0. The highest BCUT2D eigenvalue weighted by molar-refractivity contribution is 7.99. The lowest BCUT2D eigenvalue weighted by atomic mass is 9.78. The Morgan fingerprint density at radius 1 is 1.19 bits per heavy atom. The Morgan fingerprint density at radius 2 is 2.00 bits per heavy atom. The monoisotopic (exact) mass is 371 g/mol. The van der Waals surface area contributed by atoms with Crippen LogP contribution in [0.3, 0.4) is 0 Å². The van der Waals surface area contributed by atoms with Gasteiger partial charge in [-0.2, -0.15) is 0 Å². The molecule has 0 unspecified atom stereocenters. The molecular formula is C20H25N3O2S. The summed E-state index contributed by atoms with van der Waals surface area (Å²) in [6, 6.07) is 8.39. The third kappa shape index (κ3) is 3.65. The summed E-state index contributed by atoms with van der Waals surface area (Å²) in [5.74, 6) is 1.81.